The first-order valence-corrected chi connectivity index (χ1v) is 9.67. The van der Waals surface area contributed by atoms with E-state index in [-0.39, 0.29) is 5.75 Å². The van der Waals surface area contributed by atoms with Crippen molar-refractivity contribution in [3.05, 3.63) is 92.1 Å². The predicted octanol–water partition coefficient (Wildman–Crippen LogP) is 3.56. The number of anilines is 2. The Morgan fingerprint density at radius 2 is 1.83 bits per heavy atom. The van der Waals surface area contributed by atoms with Crippen molar-refractivity contribution in [2.24, 2.45) is 0 Å². The zero-order valence-electron chi connectivity index (χ0n) is 16.2. The van der Waals surface area contributed by atoms with Gasteiger partial charge in [0.05, 0.1) is 12.2 Å². The number of aromatic nitrogens is 2. The highest BCUT2D eigenvalue weighted by Crippen LogP contribution is 2.46. The van der Waals surface area contributed by atoms with E-state index in [2.05, 4.69) is 15.3 Å². The summed E-state index contributed by atoms with van der Waals surface area (Å²) in [5.41, 5.74) is 1.87. The molecule has 0 fully saturated rings. The van der Waals surface area contributed by atoms with Crippen molar-refractivity contribution in [3.63, 3.8) is 0 Å². The van der Waals surface area contributed by atoms with Crippen LogP contribution in [-0.2, 0) is 0 Å². The van der Waals surface area contributed by atoms with Gasteiger partial charge in [0.1, 0.15) is 5.82 Å². The van der Waals surface area contributed by atoms with Gasteiger partial charge in [0, 0.05) is 11.6 Å². The average Bonchev–Trinajstić information content (AvgIpc) is 2.73. The molecule has 7 nitrogen and oxygen atoms in total. The van der Waals surface area contributed by atoms with Gasteiger partial charge < -0.3 is 15.2 Å². The highest BCUT2D eigenvalue weighted by atomic mass is 16.5. The third kappa shape index (κ3) is 2.75. The van der Waals surface area contributed by atoms with Crippen LogP contribution in [0.2, 0.25) is 0 Å². The van der Waals surface area contributed by atoms with Gasteiger partial charge in [0.25, 0.3) is 5.56 Å². The number of nitrogens with one attached hydrogen (secondary N) is 3. The lowest BCUT2D eigenvalue weighted by Gasteiger charge is -2.30. The minimum absolute atomic E-state index is 0.0308. The van der Waals surface area contributed by atoms with E-state index in [4.69, 9.17) is 4.74 Å². The number of phenolic OH excluding ortho intramolecular Hbond substituents is 1. The summed E-state index contributed by atoms with van der Waals surface area (Å²) in [7, 11) is 0. The first-order chi connectivity index (χ1) is 14.6. The number of aromatic amines is 2. The molecule has 4 aromatic rings. The first-order valence-electron chi connectivity index (χ1n) is 9.67. The number of rotatable bonds is 3. The quantitative estimate of drug-likeness (QED) is 0.370. The van der Waals surface area contributed by atoms with Gasteiger partial charge in [-0.2, -0.15) is 0 Å². The Balaban J connectivity index is 1.86. The van der Waals surface area contributed by atoms with Crippen LogP contribution in [0.5, 0.6) is 11.5 Å². The van der Waals surface area contributed by atoms with Gasteiger partial charge in [0.15, 0.2) is 11.5 Å². The minimum Gasteiger partial charge on any atom is -0.504 e. The number of H-pyrrole nitrogens is 2. The lowest BCUT2D eigenvalue weighted by atomic mass is 9.80. The van der Waals surface area contributed by atoms with Gasteiger partial charge in [-0.25, -0.2) is 4.79 Å². The molecule has 3 aromatic carbocycles. The summed E-state index contributed by atoms with van der Waals surface area (Å²) in [6.45, 7) is 2.23. The molecule has 0 unspecified atom stereocenters. The third-order valence-electron chi connectivity index (χ3n) is 5.40. The Bertz CT molecular complexity index is 1400. The zero-order valence-corrected chi connectivity index (χ0v) is 16.2. The van der Waals surface area contributed by atoms with Crippen LogP contribution < -0.4 is 21.3 Å². The molecule has 150 valence electrons. The number of phenols is 1. The monoisotopic (exact) mass is 401 g/mol. The van der Waals surface area contributed by atoms with Crippen LogP contribution in [0.1, 0.15) is 29.5 Å². The molecule has 0 saturated carbocycles. The van der Waals surface area contributed by atoms with Crippen molar-refractivity contribution in [2.75, 3.05) is 11.9 Å². The van der Waals surface area contributed by atoms with E-state index in [0.29, 0.717) is 23.7 Å². The zero-order chi connectivity index (χ0) is 20.8. The molecule has 4 N–H and O–H groups in total. The van der Waals surface area contributed by atoms with E-state index >= 15 is 0 Å². The van der Waals surface area contributed by atoms with Gasteiger partial charge in [-0.3, -0.25) is 14.8 Å². The Morgan fingerprint density at radius 1 is 1.00 bits per heavy atom. The second kappa shape index (κ2) is 6.81. The second-order valence-corrected chi connectivity index (χ2v) is 7.16. The van der Waals surface area contributed by atoms with Crippen LogP contribution >= 0.6 is 0 Å². The van der Waals surface area contributed by atoms with Crippen molar-refractivity contribution < 1.29 is 9.84 Å². The lowest BCUT2D eigenvalue weighted by molar-refractivity contribution is 0.317. The highest BCUT2D eigenvalue weighted by molar-refractivity contribution is 5.94. The normalized spacial score (nSPS) is 14.6. The molecule has 1 aromatic heterocycles. The molecule has 1 aliphatic rings. The fraction of sp³-hybridized carbons (Fsp3) is 0.130. The number of aromatic hydroxyl groups is 1. The van der Waals surface area contributed by atoms with E-state index in [0.717, 1.165) is 27.6 Å². The first kappa shape index (κ1) is 18.1. The summed E-state index contributed by atoms with van der Waals surface area (Å²) in [6, 6.07) is 17.0. The van der Waals surface area contributed by atoms with Crippen LogP contribution in [0.3, 0.4) is 0 Å². The van der Waals surface area contributed by atoms with Gasteiger partial charge in [-0.1, -0.05) is 36.4 Å². The van der Waals surface area contributed by atoms with Crippen molar-refractivity contribution in [1.29, 1.82) is 0 Å². The van der Waals surface area contributed by atoms with E-state index < -0.39 is 17.2 Å². The van der Waals surface area contributed by atoms with Crippen molar-refractivity contribution >= 4 is 22.3 Å². The topological polar surface area (TPSA) is 107 Å². The Labute approximate surface area is 171 Å². The van der Waals surface area contributed by atoms with Crippen LogP contribution in [0.15, 0.2) is 64.2 Å². The van der Waals surface area contributed by atoms with Gasteiger partial charge >= 0.3 is 5.69 Å². The molecule has 5 rings (SSSR count). The molecular weight excluding hydrogens is 382 g/mol. The molecule has 1 atom stereocenters. The maximum atomic E-state index is 12.9. The number of fused-ring (bicyclic) bond motifs is 4. The van der Waals surface area contributed by atoms with Crippen molar-refractivity contribution in [3.8, 4) is 11.5 Å². The summed E-state index contributed by atoms with van der Waals surface area (Å²) < 4.78 is 5.57. The van der Waals surface area contributed by atoms with E-state index in [9.17, 15) is 14.7 Å². The van der Waals surface area contributed by atoms with E-state index in [1.807, 2.05) is 43.3 Å². The molecule has 7 heteroatoms. The summed E-state index contributed by atoms with van der Waals surface area (Å²) in [5, 5.41) is 15.4. The third-order valence-corrected chi connectivity index (χ3v) is 5.40. The van der Waals surface area contributed by atoms with Crippen molar-refractivity contribution in [1.82, 2.24) is 9.97 Å². The van der Waals surface area contributed by atoms with Gasteiger partial charge in [0.2, 0.25) is 0 Å². The maximum Gasteiger partial charge on any atom is 0.327 e. The van der Waals surface area contributed by atoms with E-state index in [1.54, 1.807) is 18.2 Å². The lowest BCUT2D eigenvalue weighted by Crippen LogP contribution is -2.31. The highest BCUT2D eigenvalue weighted by Gasteiger charge is 2.32. The fourth-order valence-electron chi connectivity index (χ4n) is 4.18. The van der Waals surface area contributed by atoms with Crippen LogP contribution in [0.4, 0.5) is 11.5 Å². The van der Waals surface area contributed by atoms with Crippen LogP contribution in [0.25, 0.3) is 10.8 Å². The second-order valence-electron chi connectivity index (χ2n) is 7.16. The Morgan fingerprint density at radius 3 is 2.67 bits per heavy atom. The van der Waals surface area contributed by atoms with Crippen molar-refractivity contribution in [2.45, 2.75) is 12.8 Å². The average molecular weight is 401 g/mol. The van der Waals surface area contributed by atoms with Gasteiger partial charge in [-0.15, -0.1) is 0 Å². The summed E-state index contributed by atoms with van der Waals surface area (Å²) in [5.74, 6) is 0.270. The molecule has 0 spiro atoms. The van der Waals surface area contributed by atoms with Gasteiger partial charge in [-0.05, 0) is 47.0 Å². The molecule has 1 aliphatic heterocycles. The summed E-state index contributed by atoms with van der Waals surface area (Å²) in [6.07, 6.45) is 0. The molecule has 2 heterocycles. The number of hydrogen-bond donors (Lipinski definition) is 4. The molecule has 0 radical (unpaired) electrons. The fourth-order valence-corrected chi connectivity index (χ4v) is 4.18. The predicted molar refractivity (Wildman–Crippen MR) is 115 cm³/mol. The van der Waals surface area contributed by atoms with E-state index in [1.165, 1.54) is 0 Å². The number of ether oxygens (including phenoxy) is 1. The summed E-state index contributed by atoms with van der Waals surface area (Å²) >= 11 is 0. The molecular formula is C23H19N3O4. The maximum absolute atomic E-state index is 12.9. The summed E-state index contributed by atoms with van der Waals surface area (Å²) in [4.78, 5) is 29.9. The molecule has 30 heavy (non-hydrogen) atoms. The number of hydrogen-bond acceptors (Lipinski definition) is 5. The molecule has 0 aliphatic carbocycles. The SMILES string of the molecule is CCOc1cc([C@@H]2c3c([nH]c(=O)[nH]c3=O)Nc3ccc4ccccc4c32)ccc1O. The molecule has 0 amide bonds. The minimum atomic E-state index is -0.574. The standard InChI is InChI=1S/C23H19N3O4/c1-2-30-17-11-13(8-10-16(17)27)18-19-14-6-4-3-5-12(14)7-9-15(19)24-21-20(18)22(28)26-23(29)25-21/h3-11,18,27H,2H2,1H3,(H3,24,25,26,28,29)/t18-/m0/s1. The Hall–Kier alpha value is -4.00. The van der Waals surface area contributed by atoms with Crippen LogP contribution in [-0.4, -0.2) is 21.7 Å². The smallest absolute Gasteiger partial charge is 0.327 e. The largest absolute Gasteiger partial charge is 0.504 e. The van der Waals surface area contributed by atoms with Crippen LogP contribution in [0, 0.1) is 0 Å². The Kier molecular flexibility index (Phi) is 4.10. The number of benzene rings is 3. The molecule has 0 bridgehead atoms. The molecule has 0 saturated heterocycles.